The molecule has 1 heterocycles. The maximum Gasteiger partial charge on any atom is 0.0637 e. The van der Waals surface area contributed by atoms with Crippen molar-refractivity contribution in [2.24, 2.45) is 5.92 Å². The molecule has 1 saturated heterocycles. The summed E-state index contributed by atoms with van der Waals surface area (Å²) in [6, 6.07) is 5.79. The van der Waals surface area contributed by atoms with Gasteiger partial charge in [-0.1, -0.05) is 35.3 Å². The third kappa shape index (κ3) is 3.61. The summed E-state index contributed by atoms with van der Waals surface area (Å²) in [4.78, 5) is 2.40. The van der Waals surface area contributed by atoms with Crippen LogP contribution in [0.3, 0.4) is 0 Å². The van der Waals surface area contributed by atoms with Crippen LogP contribution in [0.5, 0.6) is 0 Å². The summed E-state index contributed by atoms with van der Waals surface area (Å²) >= 11 is 12.2. The first-order chi connectivity index (χ1) is 8.70. The van der Waals surface area contributed by atoms with Crippen LogP contribution in [0.4, 0.5) is 0 Å². The maximum absolute atomic E-state index is 9.02. The van der Waals surface area contributed by atoms with Crippen molar-refractivity contribution in [1.82, 2.24) is 4.90 Å². The normalized spacial score (nSPS) is 21.2. The zero-order chi connectivity index (χ0) is 13.0. The predicted molar refractivity (Wildman–Crippen MR) is 76.2 cm³/mol. The van der Waals surface area contributed by atoms with E-state index < -0.39 is 0 Å². The number of hydrogen-bond donors (Lipinski definition) is 1. The number of halogens is 2. The third-order valence-electron chi connectivity index (χ3n) is 3.57. The summed E-state index contributed by atoms with van der Waals surface area (Å²) in [5.41, 5.74) is 1.09. The van der Waals surface area contributed by atoms with Crippen molar-refractivity contribution in [2.75, 3.05) is 19.7 Å². The number of nitrogens with zero attached hydrogens (tertiary/aromatic N) is 1. The molecule has 1 fully saturated rings. The van der Waals surface area contributed by atoms with Crippen LogP contribution in [-0.4, -0.2) is 29.7 Å². The van der Waals surface area contributed by atoms with Crippen LogP contribution in [0, 0.1) is 5.92 Å². The Hall–Kier alpha value is -0.280. The number of likely N-dealkylation sites (tertiary alicyclic amines) is 1. The highest BCUT2D eigenvalue weighted by Gasteiger charge is 2.20. The number of piperidine rings is 1. The number of benzene rings is 1. The Balaban J connectivity index is 1.98. The SMILES string of the molecule is OCCC1CCCN(Cc2cccc(Cl)c2Cl)C1. The maximum atomic E-state index is 9.02. The summed E-state index contributed by atoms with van der Waals surface area (Å²) < 4.78 is 0. The lowest BCUT2D eigenvalue weighted by atomic mass is 9.95. The van der Waals surface area contributed by atoms with E-state index in [1.54, 1.807) is 0 Å². The molecule has 1 aromatic rings. The highest BCUT2D eigenvalue weighted by atomic mass is 35.5. The van der Waals surface area contributed by atoms with Gasteiger partial charge in [0.05, 0.1) is 10.0 Å². The summed E-state index contributed by atoms with van der Waals surface area (Å²) in [5.74, 6) is 0.613. The first-order valence-electron chi connectivity index (χ1n) is 6.47. The Morgan fingerprint density at radius 2 is 2.17 bits per heavy atom. The molecule has 4 heteroatoms. The van der Waals surface area contributed by atoms with Gasteiger partial charge < -0.3 is 5.11 Å². The number of rotatable bonds is 4. The fourth-order valence-corrected chi connectivity index (χ4v) is 3.00. The smallest absolute Gasteiger partial charge is 0.0637 e. The quantitative estimate of drug-likeness (QED) is 0.915. The topological polar surface area (TPSA) is 23.5 Å². The average Bonchev–Trinajstić information content (AvgIpc) is 2.36. The highest BCUT2D eigenvalue weighted by molar-refractivity contribution is 6.42. The van der Waals surface area contributed by atoms with E-state index in [0.717, 1.165) is 31.6 Å². The fourth-order valence-electron chi connectivity index (χ4n) is 2.62. The molecule has 0 spiro atoms. The summed E-state index contributed by atoms with van der Waals surface area (Å²) in [5, 5.41) is 10.3. The van der Waals surface area contributed by atoms with E-state index in [1.165, 1.54) is 12.8 Å². The molecule has 1 atom stereocenters. The minimum Gasteiger partial charge on any atom is -0.396 e. The molecule has 1 aromatic carbocycles. The largest absolute Gasteiger partial charge is 0.396 e. The molecule has 0 bridgehead atoms. The molecule has 100 valence electrons. The van der Waals surface area contributed by atoms with Gasteiger partial charge >= 0.3 is 0 Å². The van der Waals surface area contributed by atoms with Crippen LogP contribution in [0.25, 0.3) is 0 Å². The molecule has 0 amide bonds. The predicted octanol–water partition coefficient (Wildman–Crippen LogP) is 3.59. The summed E-state index contributed by atoms with van der Waals surface area (Å²) in [6.07, 6.45) is 3.32. The molecule has 2 nitrogen and oxygen atoms in total. The van der Waals surface area contributed by atoms with Crippen LogP contribution in [0.2, 0.25) is 10.0 Å². The van der Waals surface area contributed by atoms with Crippen LogP contribution in [0.1, 0.15) is 24.8 Å². The lowest BCUT2D eigenvalue weighted by Crippen LogP contribution is -2.35. The average molecular weight is 288 g/mol. The second kappa shape index (κ2) is 6.76. The fraction of sp³-hybridized carbons (Fsp3) is 0.571. The first kappa shape index (κ1) is 14.1. The third-order valence-corrected chi connectivity index (χ3v) is 4.42. The van der Waals surface area contributed by atoms with Crippen molar-refractivity contribution in [3.05, 3.63) is 33.8 Å². The Morgan fingerprint density at radius 1 is 1.33 bits per heavy atom. The van der Waals surface area contributed by atoms with Gasteiger partial charge in [-0.3, -0.25) is 4.90 Å². The van der Waals surface area contributed by atoms with E-state index >= 15 is 0 Å². The van der Waals surface area contributed by atoms with Gasteiger partial charge in [0, 0.05) is 19.7 Å². The van der Waals surface area contributed by atoms with Crippen molar-refractivity contribution in [3.8, 4) is 0 Å². The second-order valence-electron chi connectivity index (χ2n) is 4.97. The molecule has 2 rings (SSSR count). The van der Waals surface area contributed by atoms with Crippen LogP contribution < -0.4 is 0 Å². The summed E-state index contributed by atoms with van der Waals surface area (Å²) in [7, 11) is 0. The van der Waals surface area contributed by atoms with Gasteiger partial charge in [0.25, 0.3) is 0 Å². The standard InChI is InChI=1S/C14H19Cl2NO/c15-13-5-1-4-12(14(13)16)10-17-7-2-3-11(9-17)6-8-18/h1,4-5,11,18H,2-3,6-10H2. The van der Waals surface area contributed by atoms with Crippen LogP contribution in [-0.2, 0) is 6.54 Å². The Morgan fingerprint density at radius 3 is 2.94 bits per heavy atom. The Bertz CT molecular complexity index is 395. The Labute approximate surface area is 119 Å². The molecule has 0 aliphatic carbocycles. The lowest BCUT2D eigenvalue weighted by molar-refractivity contribution is 0.142. The number of aliphatic hydroxyl groups is 1. The highest BCUT2D eigenvalue weighted by Crippen LogP contribution is 2.28. The molecule has 1 unspecified atom stereocenters. The molecule has 0 radical (unpaired) electrons. The summed E-state index contributed by atoms with van der Waals surface area (Å²) in [6.45, 7) is 3.28. The van der Waals surface area contributed by atoms with E-state index in [9.17, 15) is 0 Å². The minimum atomic E-state index is 0.288. The molecule has 1 aliphatic rings. The minimum absolute atomic E-state index is 0.288. The van der Waals surface area contributed by atoms with Crippen molar-refractivity contribution in [2.45, 2.75) is 25.8 Å². The molecule has 18 heavy (non-hydrogen) atoms. The van der Waals surface area contributed by atoms with Gasteiger partial charge in [-0.25, -0.2) is 0 Å². The molecular formula is C14H19Cl2NO. The van der Waals surface area contributed by atoms with Crippen molar-refractivity contribution in [1.29, 1.82) is 0 Å². The van der Waals surface area contributed by atoms with Gasteiger partial charge in [-0.15, -0.1) is 0 Å². The van der Waals surface area contributed by atoms with E-state index in [2.05, 4.69) is 4.90 Å². The van der Waals surface area contributed by atoms with Gasteiger partial charge in [0.1, 0.15) is 0 Å². The zero-order valence-corrected chi connectivity index (χ0v) is 11.9. The second-order valence-corrected chi connectivity index (χ2v) is 5.75. The molecule has 0 saturated carbocycles. The van der Waals surface area contributed by atoms with Crippen molar-refractivity contribution in [3.63, 3.8) is 0 Å². The molecule has 1 aliphatic heterocycles. The lowest BCUT2D eigenvalue weighted by Gasteiger charge is -2.32. The van der Waals surface area contributed by atoms with E-state index in [0.29, 0.717) is 16.0 Å². The van der Waals surface area contributed by atoms with E-state index in [1.807, 2.05) is 18.2 Å². The molecule has 1 N–H and O–H groups in total. The van der Waals surface area contributed by atoms with E-state index in [-0.39, 0.29) is 6.61 Å². The van der Waals surface area contributed by atoms with Gasteiger partial charge in [0.15, 0.2) is 0 Å². The van der Waals surface area contributed by atoms with Crippen molar-refractivity contribution < 1.29 is 5.11 Å². The van der Waals surface area contributed by atoms with Crippen LogP contribution >= 0.6 is 23.2 Å². The Kier molecular flexibility index (Phi) is 5.31. The van der Waals surface area contributed by atoms with Gasteiger partial charge in [0.2, 0.25) is 0 Å². The number of hydrogen-bond acceptors (Lipinski definition) is 2. The zero-order valence-electron chi connectivity index (χ0n) is 10.4. The van der Waals surface area contributed by atoms with Crippen LogP contribution in [0.15, 0.2) is 18.2 Å². The number of aliphatic hydroxyl groups excluding tert-OH is 1. The van der Waals surface area contributed by atoms with Gasteiger partial charge in [-0.05, 0) is 43.4 Å². The molecule has 0 aromatic heterocycles. The van der Waals surface area contributed by atoms with Crippen molar-refractivity contribution >= 4 is 23.2 Å². The monoisotopic (exact) mass is 287 g/mol. The first-order valence-corrected chi connectivity index (χ1v) is 7.22. The molecular weight excluding hydrogens is 269 g/mol. The van der Waals surface area contributed by atoms with Gasteiger partial charge in [-0.2, -0.15) is 0 Å². The van der Waals surface area contributed by atoms with E-state index in [4.69, 9.17) is 28.3 Å².